The lowest BCUT2D eigenvalue weighted by atomic mass is 10.0. The molecular formula is C21H21N3O. The molecule has 0 fully saturated rings. The van der Waals surface area contributed by atoms with Gasteiger partial charge in [0, 0.05) is 23.7 Å². The van der Waals surface area contributed by atoms with Crippen molar-refractivity contribution in [2.45, 2.75) is 26.3 Å². The first kappa shape index (κ1) is 15.7. The number of hydrogen-bond acceptors (Lipinski definition) is 3. The second-order valence-corrected chi connectivity index (χ2v) is 6.55. The van der Waals surface area contributed by atoms with E-state index in [0.29, 0.717) is 12.5 Å². The van der Waals surface area contributed by atoms with Crippen LogP contribution >= 0.6 is 0 Å². The molecule has 2 heterocycles. The highest BCUT2D eigenvalue weighted by Gasteiger charge is 2.15. The summed E-state index contributed by atoms with van der Waals surface area (Å²) >= 11 is 0. The molecule has 0 aliphatic heterocycles. The Morgan fingerprint density at radius 2 is 1.84 bits per heavy atom. The van der Waals surface area contributed by atoms with Crippen LogP contribution in [0.2, 0.25) is 0 Å². The molecule has 4 aromatic rings. The van der Waals surface area contributed by atoms with Crippen LogP contribution in [-0.4, -0.2) is 9.78 Å². The minimum absolute atomic E-state index is 0.413. The van der Waals surface area contributed by atoms with E-state index in [1.165, 1.54) is 5.56 Å². The van der Waals surface area contributed by atoms with Gasteiger partial charge in [-0.25, -0.2) is 4.68 Å². The minimum Gasteiger partial charge on any atom is -0.454 e. The van der Waals surface area contributed by atoms with Gasteiger partial charge in [-0.2, -0.15) is 5.10 Å². The first-order valence-electron chi connectivity index (χ1n) is 8.53. The van der Waals surface area contributed by atoms with Crippen LogP contribution in [0.5, 0.6) is 0 Å². The third-order valence-corrected chi connectivity index (χ3v) is 4.49. The van der Waals surface area contributed by atoms with Crippen LogP contribution in [0.4, 0.5) is 0 Å². The molecule has 4 heteroatoms. The Morgan fingerprint density at radius 3 is 2.52 bits per heavy atom. The van der Waals surface area contributed by atoms with E-state index in [-0.39, 0.29) is 0 Å². The Balaban J connectivity index is 1.76. The van der Waals surface area contributed by atoms with Gasteiger partial charge in [-0.1, -0.05) is 44.2 Å². The second kappa shape index (κ2) is 6.22. The molecule has 0 unspecified atom stereocenters. The van der Waals surface area contributed by atoms with E-state index in [0.717, 1.165) is 33.7 Å². The van der Waals surface area contributed by atoms with Crippen molar-refractivity contribution in [3.05, 3.63) is 71.9 Å². The quantitative estimate of drug-likeness (QED) is 0.580. The summed E-state index contributed by atoms with van der Waals surface area (Å²) in [5, 5.41) is 5.80. The zero-order chi connectivity index (χ0) is 17.4. The van der Waals surface area contributed by atoms with Crippen LogP contribution in [-0.2, 0) is 6.54 Å². The van der Waals surface area contributed by atoms with Gasteiger partial charge in [-0.05, 0) is 35.7 Å². The van der Waals surface area contributed by atoms with Crippen molar-refractivity contribution in [3.63, 3.8) is 0 Å². The van der Waals surface area contributed by atoms with Gasteiger partial charge in [0.2, 0.25) is 0 Å². The SMILES string of the molecule is CC(C)c1ccc(-n2cc(CN)c(-c3cc4ccccc4o3)n2)cc1. The van der Waals surface area contributed by atoms with E-state index in [9.17, 15) is 0 Å². The van der Waals surface area contributed by atoms with E-state index < -0.39 is 0 Å². The van der Waals surface area contributed by atoms with Gasteiger partial charge in [0.05, 0.1) is 5.69 Å². The van der Waals surface area contributed by atoms with E-state index in [1.54, 1.807) is 0 Å². The van der Waals surface area contributed by atoms with Gasteiger partial charge < -0.3 is 10.2 Å². The Bertz CT molecular complexity index is 976. The Labute approximate surface area is 146 Å². The summed E-state index contributed by atoms with van der Waals surface area (Å²) in [5.74, 6) is 1.26. The van der Waals surface area contributed by atoms with Crippen molar-refractivity contribution in [1.82, 2.24) is 9.78 Å². The maximum absolute atomic E-state index is 5.96. The predicted molar refractivity (Wildman–Crippen MR) is 101 cm³/mol. The fourth-order valence-electron chi connectivity index (χ4n) is 3.01. The molecule has 0 saturated heterocycles. The number of hydrogen-bond donors (Lipinski definition) is 1. The average Bonchev–Trinajstić information content (AvgIpc) is 3.25. The van der Waals surface area contributed by atoms with Crippen molar-refractivity contribution in [1.29, 1.82) is 0 Å². The van der Waals surface area contributed by atoms with Gasteiger partial charge in [0.15, 0.2) is 5.76 Å². The molecule has 0 spiro atoms. The number of fused-ring (bicyclic) bond motifs is 1. The number of benzene rings is 2. The monoisotopic (exact) mass is 331 g/mol. The van der Waals surface area contributed by atoms with Crippen LogP contribution in [0.3, 0.4) is 0 Å². The summed E-state index contributed by atoms with van der Waals surface area (Å²) in [6.07, 6.45) is 1.98. The molecule has 2 aromatic heterocycles. The zero-order valence-electron chi connectivity index (χ0n) is 14.4. The molecule has 4 rings (SSSR count). The topological polar surface area (TPSA) is 57.0 Å². The van der Waals surface area contributed by atoms with E-state index in [2.05, 4.69) is 38.1 Å². The van der Waals surface area contributed by atoms with Crippen molar-refractivity contribution in [2.24, 2.45) is 5.73 Å². The molecule has 0 atom stereocenters. The molecule has 126 valence electrons. The van der Waals surface area contributed by atoms with Gasteiger partial charge in [0.25, 0.3) is 0 Å². The van der Waals surface area contributed by atoms with Gasteiger partial charge in [-0.15, -0.1) is 0 Å². The van der Waals surface area contributed by atoms with Crippen LogP contribution in [0.1, 0.15) is 30.9 Å². The highest BCUT2D eigenvalue weighted by molar-refractivity contribution is 5.82. The highest BCUT2D eigenvalue weighted by atomic mass is 16.3. The van der Waals surface area contributed by atoms with E-state index >= 15 is 0 Å². The molecule has 0 radical (unpaired) electrons. The largest absolute Gasteiger partial charge is 0.454 e. The van der Waals surface area contributed by atoms with Crippen LogP contribution in [0, 0.1) is 0 Å². The van der Waals surface area contributed by atoms with Crippen molar-refractivity contribution < 1.29 is 4.42 Å². The van der Waals surface area contributed by atoms with Crippen molar-refractivity contribution >= 4 is 11.0 Å². The predicted octanol–water partition coefficient (Wildman–Crippen LogP) is 4.87. The Kier molecular flexibility index (Phi) is 3.90. The molecule has 4 nitrogen and oxygen atoms in total. The summed E-state index contributed by atoms with van der Waals surface area (Å²) in [6, 6.07) is 18.4. The molecule has 0 saturated carbocycles. The summed E-state index contributed by atoms with van der Waals surface area (Å²) in [6.45, 7) is 4.79. The van der Waals surface area contributed by atoms with Gasteiger partial charge >= 0.3 is 0 Å². The smallest absolute Gasteiger partial charge is 0.156 e. The number of rotatable bonds is 4. The summed E-state index contributed by atoms with van der Waals surface area (Å²) in [4.78, 5) is 0. The number of nitrogens with zero attached hydrogens (tertiary/aromatic N) is 2. The molecule has 0 amide bonds. The third kappa shape index (κ3) is 2.85. The molecule has 0 aliphatic rings. The normalized spacial score (nSPS) is 11.5. The highest BCUT2D eigenvalue weighted by Crippen LogP contribution is 2.29. The summed E-state index contributed by atoms with van der Waals surface area (Å²) in [7, 11) is 0. The molecule has 25 heavy (non-hydrogen) atoms. The van der Waals surface area contributed by atoms with Gasteiger partial charge in [0.1, 0.15) is 11.3 Å². The molecule has 2 aromatic carbocycles. The first-order valence-corrected chi connectivity index (χ1v) is 8.53. The summed E-state index contributed by atoms with van der Waals surface area (Å²) < 4.78 is 7.83. The first-order chi connectivity index (χ1) is 12.2. The van der Waals surface area contributed by atoms with E-state index in [4.69, 9.17) is 15.2 Å². The lowest BCUT2D eigenvalue weighted by molar-refractivity contribution is 0.626. The number of aromatic nitrogens is 2. The van der Waals surface area contributed by atoms with Crippen LogP contribution < -0.4 is 5.73 Å². The maximum Gasteiger partial charge on any atom is 0.156 e. The summed E-state index contributed by atoms with van der Waals surface area (Å²) in [5.41, 5.74) is 10.9. The van der Waals surface area contributed by atoms with Crippen molar-refractivity contribution in [2.75, 3.05) is 0 Å². The number of furan rings is 1. The lowest BCUT2D eigenvalue weighted by Crippen LogP contribution is -1.96. The second-order valence-electron chi connectivity index (χ2n) is 6.55. The Morgan fingerprint density at radius 1 is 1.08 bits per heavy atom. The zero-order valence-corrected chi connectivity index (χ0v) is 14.4. The fraction of sp³-hybridized carbons (Fsp3) is 0.190. The molecule has 0 bridgehead atoms. The fourth-order valence-corrected chi connectivity index (χ4v) is 3.01. The van der Waals surface area contributed by atoms with E-state index in [1.807, 2.05) is 41.2 Å². The van der Waals surface area contributed by atoms with Crippen molar-refractivity contribution in [3.8, 4) is 17.1 Å². The van der Waals surface area contributed by atoms with Gasteiger partial charge in [-0.3, -0.25) is 0 Å². The number of para-hydroxylation sites is 1. The minimum atomic E-state index is 0.413. The Hall–Kier alpha value is -2.85. The number of nitrogens with two attached hydrogens (primary N) is 1. The third-order valence-electron chi connectivity index (χ3n) is 4.49. The maximum atomic E-state index is 5.96. The standard InChI is InChI=1S/C21H21N3O/c1-14(2)15-7-9-18(10-8-15)24-13-17(12-22)21(23-24)20-11-16-5-3-4-6-19(16)25-20/h3-11,13-14H,12,22H2,1-2H3. The molecule has 0 aliphatic carbocycles. The average molecular weight is 331 g/mol. The lowest BCUT2D eigenvalue weighted by Gasteiger charge is -2.06. The molecule has 2 N–H and O–H groups in total. The molecular weight excluding hydrogens is 310 g/mol. The van der Waals surface area contributed by atoms with Crippen LogP contribution in [0.25, 0.3) is 28.1 Å². The van der Waals surface area contributed by atoms with Crippen LogP contribution in [0.15, 0.2) is 65.2 Å².